The molecular weight excluding hydrogens is 399 g/mol. The van der Waals surface area contributed by atoms with E-state index in [1.54, 1.807) is 49.6 Å². The van der Waals surface area contributed by atoms with Crippen LogP contribution in [-0.2, 0) is 4.79 Å². The Morgan fingerprint density at radius 2 is 1.68 bits per heavy atom. The number of methoxy groups -OCH3 is 1. The lowest BCUT2D eigenvalue weighted by molar-refractivity contribution is -0.128. The number of hydrogen-bond donors (Lipinski definition) is 1. The van der Waals surface area contributed by atoms with Crippen LogP contribution in [0.2, 0.25) is 0 Å². The first kappa shape index (κ1) is 21.4. The molecule has 7 heteroatoms. The molecule has 1 amide bonds. The number of nitrogens with zero attached hydrogens (tertiary/aromatic N) is 1. The van der Waals surface area contributed by atoms with Crippen molar-refractivity contribution in [3.8, 4) is 11.5 Å². The van der Waals surface area contributed by atoms with Crippen molar-refractivity contribution >= 4 is 24.2 Å². The Hall–Kier alpha value is -4.26. The van der Waals surface area contributed by atoms with Crippen molar-refractivity contribution in [3.63, 3.8) is 0 Å². The van der Waals surface area contributed by atoms with Crippen molar-refractivity contribution in [1.29, 1.82) is 0 Å². The van der Waals surface area contributed by atoms with Gasteiger partial charge in [-0.2, -0.15) is 5.10 Å². The number of esters is 1. The third-order valence-electron chi connectivity index (χ3n) is 4.09. The maximum Gasteiger partial charge on any atom is 0.336 e. The molecule has 1 N–H and O–H groups in total. The molecule has 3 aromatic rings. The van der Waals surface area contributed by atoms with E-state index in [0.29, 0.717) is 11.3 Å². The van der Waals surface area contributed by atoms with E-state index in [1.807, 2.05) is 12.1 Å². The molecule has 0 unspecified atom stereocenters. The van der Waals surface area contributed by atoms with Crippen LogP contribution in [-0.4, -0.2) is 25.2 Å². The van der Waals surface area contributed by atoms with E-state index in [9.17, 15) is 14.0 Å². The third-order valence-corrected chi connectivity index (χ3v) is 4.09. The molecule has 6 nitrogen and oxygen atoms in total. The van der Waals surface area contributed by atoms with Gasteiger partial charge < -0.3 is 9.47 Å². The molecule has 0 spiro atoms. The minimum absolute atomic E-state index is 0.282. The largest absolute Gasteiger partial charge is 0.497 e. The van der Waals surface area contributed by atoms with E-state index in [4.69, 9.17) is 9.47 Å². The molecule has 0 bridgehead atoms. The maximum absolute atomic E-state index is 12.9. The lowest BCUT2D eigenvalue weighted by Crippen LogP contribution is -2.17. The Labute approximate surface area is 178 Å². The van der Waals surface area contributed by atoms with Gasteiger partial charge in [-0.05, 0) is 65.7 Å². The lowest BCUT2D eigenvalue weighted by Gasteiger charge is -2.03. The van der Waals surface area contributed by atoms with Crippen LogP contribution in [0.1, 0.15) is 21.5 Å². The highest BCUT2D eigenvalue weighted by molar-refractivity contribution is 5.95. The lowest BCUT2D eigenvalue weighted by atomic mass is 10.2. The van der Waals surface area contributed by atoms with Gasteiger partial charge in [-0.15, -0.1) is 0 Å². The standard InChI is InChI=1S/C24H19FN2O4/c1-30-21-12-5-17(6-13-21)7-14-23(28)31-22-4-2-3-18(15-22)16-26-27-24(29)19-8-10-20(25)11-9-19/h2-16H,1H3,(H,27,29)/b14-7-,26-16+. The van der Waals surface area contributed by atoms with Gasteiger partial charge in [0.2, 0.25) is 0 Å². The summed E-state index contributed by atoms with van der Waals surface area (Å²) in [5, 5.41) is 3.87. The van der Waals surface area contributed by atoms with Crippen LogP contribution in [0.3, 0.4) is 0 Å². The quantitative estimate of drug-likeness (QED) is 0.205. The SMILES string of the molecule is COc1ccc(/C=C\C(=O)Oc2cccc(/C=N/NC(=O)c3ccc(F)cc3)c2)cc1. The van der Waals surface area contributed by atoms with Crippen LogP contribution in [0.5, 0.6) is 11.5 Å². The predicted molar refractivity (Wildman–Crippen MR) is 116 cm³/mol. The molecule has 0 atom stereocenters. The second-order valence-corrected chi connectivity index (χ2v) is 6.31. The number of carbonyl (C=O) groups excluding carboxylic acids is 2. The van der Waals surface area contributed by atoms with Crippen LogP contribution in [0.4, 0.5) is 4.39 Å². The third kappa shape index (κ3) is 6.64. The first-order chi connectivity index (χ1) is 15.0. The summed E-state index contributed by atoms with van der Waals surface area (Å²) in [6, 6.07) is 19.0. The zero-order chi connectivity index (χ0) is 22.1. The van der Waals surface area contributed by atoms with Gasteiger partial charge >= 0.3 is 5.97 Å². The van der Waals surface area contributed by atoms with Gasteiger partial charge in [-0.25, -0.2) is 14.6 Å². The number of benzene rings is 3. The van der Waals surface area contributed by atoms with Crippen LogP contribution in [0.25, 0.3) is 6.08 Å². The molecule has 0 saturated heterocycles. The molecule has 0 fully saturated rings. The van der Waals surface area contributed by atoms with E-state index >= 15 is 0 Å². The highest BCUT2D eigenvalue weighted by Crippen LogP contribution is 2.14. The number of hydrogen-bond acceptors (Lipinski definition) is 5. The minimum atomic E-state index is -0.533. The summed E-state index contributed by atoms with van der Waals surface area (Å²) in [5.41, 5.74) is 4.08. The van der Waals surface area contributed by atoms with Crippen LogP contribution < -0.4 is 14.9 Å². The Kier molecular flexibility index (Phi) is 7.26. The average Bonchev–Trinajstić information content (AvgIpc) is 2.78. The summed E-state index contributed by atoms with van der Waals surface area (Å²) in [6.07, 6.45) is 4.37. The van der Waals surface area contributed by atoms with E-state index in [1.165, 1.54) is 36.6 Å². The van der Waals surface area contributed by atoms with E-state index < -0.39 is 17.7 Å². The summed E-state index contributed by atoms with van der Waals surface area (Å²) < 4.78 is 23.3. The predicted octanol–water partition coefficient (Wildman–Crippen LogP) is 4.22. The fraction of sp³-hybridized carbons (Fsp3) is 0.0417. The van der Waals surface area contributed by atoms with Crippen molar-refractivity contribution in [1.82, 2.24) is 5.43 Å². The molecule has 0 aromatic heterocycles. The second-order valence-electron chi connectivity index (χ2n) is 6.31. The number of amides is 1. The number of carbonyl (C=O) groups is 2. The van der Waals surface area contributed by atoms with Gasteiger partial charge in [0.1, 0.15) is 17.3 Å². The Bertz CT molecular complexity index is 1110. The molecule has 31 heavy (non-hydrogen) atoms. The number of halogens is 1. The van der Waals surface area contributed by atoms with Crippen molar-refractivity contribution in [2.45, 2.75) is 0 Å². The smallest absolute Gasteiger partial charge is 0.336 e. The van der Waals surface area contributed by atoms with Gasteiger partial charge in [0.15, 0.2) is 0 Å². The molecular formula is C24H19FN2O4. The summed E-state index contributed by atoms with van der Waals surface area (Å²) in [7, 11) is 1.58. The fourth-order valence-corrected chi connectivity index (χ4v) is 2.52. The van der Waals surface area contributed by atoms with Crippen molar-refractivity contribution in [2.24, 2.45) is 5.10 Å². The summed E-state index contributed by atoms with van der Waals surface area (Å²) in [4.78, 5) is 24.0. The zero-order valence-corrected chi connectivity index (χ0v) is 16.6. The Morgan fingerprint density at radius 1 is 0.935 bits per heavy atom. The van der Waals surface area contributed by atoms with Gasteiger partial charge in [-0.3, -0.25) is 4.79 Å². The van der Waals surface area contributed by atoms with Gasteiger partial charge in [0, 0.05) is 11.6 Å². The van der Waals surface area contributed by atoms with Crippen LogP contribution in [0.15, 0.2) is 84.0 Å². The molecule has 0 heterocycles. The van der Waals surface area contributed by atoms with E-state index in [0.717, 1.165) is 11.3 Å². The number of ether oxygens (including phenoxy) is 2. The van der Waals surface area contributed by atoms with Crippen molar-refractivity contribution in [3.05, 3.63) is 101 Å². The normalized spacial score (nSPS) is 10.9. The molecule has 0 radical (unpaired) electrons. The maximum atomic E-state index is 12.9. The fourth-order valence-electron chi connectivity index (χ4n) is 2.52. The van der Waals surface area contributed by atoms with E-state index in [-0.39, 0.29) is 5.56 Å². The second kappa shape index (κ2) is 10.5. The van der Waals surface area contributed by atoms with Crippen molar-refractivity contribution in [2.75, 3.05) is 7.11 Å². The number of rotatable bonds is 7. The van der Waals surface area contributed by atoms with Crippen LogP contribution >= 0.6 is 0 Å². The van der Waals surface area contributed by atoms with Gasteiger partial charge in [0.25, 0.3) is 5.91 Å². The minimum Gasteiger partial charge on any atom is -0.497 e. The van der Waals surface area contributed by atoms with Gasteiger partial charge in [0.05, 0.1) is 13.3 Å². The van der Waals surface area contributed by atoms with Crippen molar-refractivity contribution < 1.29 is 23.5 Å². The summed E-state index contributed by atoms with van der Waals surface area (Å²) >= 11 is 0. The molecule has 3 aromatic carbocycles. The summed E-state index contributed by atoms with van der Waals surface area (Å²) in [6.45, 7) is 0. The van der Waals surface area contributed by atoms with E-state index in [2.05, 4.69) is 10.5 Å². The highest BCUT2D eigenvalue weighted by atomic mass is 19.1. The monoisotopic (exact) mass is 418 g/mol. The molecule has 0 aliphatic carbocycles. The van der Waals surface area contributed by atoms with Crippen LogP contribution in [0, 0.1) is 5.82 Å². The zero-order valence-electron chi connectivity index (χ0n) is 16.6. The topological polar surface area (TPSA) is 77.0 Å². The number of nitrogens with one attached hydrogen (secondary N) is 1. The molecule has 3 rings (SSSR count). The first-order valence-corrected chi connectivity index (χ1v) is 9.26. The number of hydrazone groups is 1. The van der Waals surface area contributed by atoms with Gasteiger partial charge in [-0.1, -0.05) is 24.3 Å². The molecule has 0 saturated carbocycles. The summed E-state index contributed by atoms with van der Waals surface area (Å²) in [5.74, 6) is -0.368. The average molecular weight is 418 g/mol. The Morgan fingerprint density at radius 3 is 2.39 bits per heavy atom. The molecule has 156 valence electrons. The molecule has 0 aliphatic rings. The Balaban J connectivity index is 1.55. The highest BCUT2D eigenvalue weighted by Gasteiger charge is 2.04. The first-order valence-electron chi connectivity index (χ1n) is 9.26. The molecule has 0 aliphatic heterocycles.